The normalized spacial score (nSPS) is 21.7. The van der Waals surface area contributed by atoms with Crippen LogP contribution in [0.5, 0.6) is 0 Å². The number of carbonyl (C=O) groups is 1. The van der Waals surface area contributed by atoms with Crippen molar-refractivity contribution in [3.8, 4) is 0 Å². The van der Waals surface area contributed by atoms with Crippen molar-refractivity contribution in [2.45, 2.75) is 19.4 Å². The molecule has 0 aliphatic carbocycles. The molecule has 18 heavy (non-hydrogen) atoms. The molecule has 1 aliphatic heterocycles. The molecule has 5 nitrogen and oxygen atoms in total. The first kappa shape index (κ1) is 13.0. The van der Waals surface area contributed by atoms with Crippen molar-refractivity contribution in [3.63, 3.8) is 0 Å². The van der Waals surface area contributed by atoms with E-state index in [0.717, 1.165) is 5.56 Å². The molecule has 1 N–H and O–H groups in total. The lowest BCUT2D eigenvalue weighted by atomic mass is 10.1. The number of nitrogens with zero attached hydrogens (tertiary/aromatic N) is 1. The smallest absolute Gasteiger partial charge is 0.220 e. The highest BCUT2D eigenvalue weighted by molar-refractivity contribution is 7.91. The molecule has 6 heteroatoms. The van der Waals surface area contributed by atoms with Gasteiger partial charge in [0.1, 0.15) is 0 Å². The van der Waals surface area contributed by atoms with Gasteiger partial charge in [-0.3, -0.25) is 9.78 Å². The largest absolute Gasteiger partial charge is 0.352 e. The highest BCUT2D eigenvalue weighted by atomic mass is 32.2. The second kappa shape index (κ2) is 5.48. The number of sulfone groups is 1. The maximum atomic E-state index is 11.7. The average molecular weight is 268 g/mol. The van der Waals surface area contributed by atoms with Crippen molar-refractivity contribution >= 4 is 15.7 Å². The summed E-state index contributed by atoms with van der Waals surface area (Å²) in [6.45, 7) is 0.437. The molecule has 1 fully saturated rings. The zero-order chi connectivity index (χ0) is 13.0. The maximum Gasteiger partial charge on any atom is 0.220 e. The van der Waals surface area contributed by atoms with Crippen LogP contribution in [0.15, 0.2) is 24.5 Å². The zero-order valence-corrected chi connectivity index (χ0v) is 10.8. The topological polar surface area (TPSA) is 76.1 Å². The number of pyridine rings is 1. The minimum absolute atomic E-state index is 0.0242. The maximum absolute atomic E-state index is 11.7. The van der Waals surface area contributed by atoms with Crippen LogP contribution in [-0.4, -0.2) is 30.8 Å². The molecule has 0 saturated carbocycles. The van der Waals surface area contributed by atoms with Crippen LogP contribution in [0.2, 0.25) is 0 Å². The van der Waals surface area contributed by atoms with Gasteiger partial charge in [-0.15, -0.1) is 0 Å². The number of hydrogen-bond acceptors (Lipinski definition) is 4. The van der Waals surface area contributed by atoms with Crippen molar-refractivity contribution in [1.82, 2.24) is 10.3 Å². The van der Waals surface area contributed by atoms with Crippen molar-refractivity contribution < 1.29 is 13.2 Å². The van der Waals surface area contributed by atoms with Gasteiger partial charge in [0.2, 0.25) is 5.91 Å². The molecule has 1 saturated heterocycles. The number of rotatable bonds is 4. The van der Waals surface area contributed by atoms with Crippen LogP contribution in [0, 0.1) is 5.92 Å². The lowest BCUT2D eigenvalue weighted by Crippen LogP contribution is -2.25. The molecule has 0 bridgehead atoms. The van der Waals surface area contributed by atoms with Crippen LogP contribution < -0.4 is 5.32 Å². The van der Waals surface area contributed by atoms with E-state index in [-0.39, 0.29) is 23.3 Å². The van der Waals surface area contributed by atoms with Crippen molar-refractivity contribution in [1.29, 1.82) is 0 Å². The molecule has 2 heterocycles. The summed E-state index contributed by atoms with van der Waals surface area (Å²) in [6, 6.07) is 3.69. The summed E-state index contributed by atoms with van der Waals surface area (Å²) in [5, 5.41) is 2.78. The van der Waals surface area contributed by atoms with Crippen LogP contribution in [0.4, 0.5) is 0 Å². The van der Waals surface area contributed by atoms with E-state index in [1.165, 1.54) is 0 Å². The Labute approximate surface area is 107 Å². The Bertz CT molecular complexity index is 513. The number of nitrogens with one attached hydrogen (secondary N) is 1. The minimum Gasteiger partial charge on any atom is -0.352 e. The van der Waals surface area contributed by atoms with E-state index in [9.17, 15) is 13.2 Å². The first-order valence-corrected chi connectivity index (χ1v) is 7.73. The highest BCUT2D eigenvalue weighted by Gasteiger charge is 2.29. The number of carbonyl (C=O) groups excluding carboxylic acids is 1. The van der Waals surface area contributed by atoms with Gasteiger partial charge < -0.3 is 5.32 Å². The first-order valence-electron chi connectivity index (χ1n) is 5.91. The summed E-state index contributed by atoms with van der Waals surface area (Å²) in [5.74, 6) is 0.241. The Balaban J connectivity index is 1.76. The molecule has 0 radical (unpaired) electrons. The predicted octanol–water partition coefficient (Wildman–Crippen LogP) is 0.523. The molecule has 1 aliphatic rings. The average Bonchev–Trinajstić information content (AvgIpc) is 2.67. The third-order valence-electron chi connectivity index (χ3n) is 3.01. The van der Waals surface area contributed by atoms with Crippen molar-refractivity contribution in [2.75, 3.05) is 11.5 Å². The van der Waals surface area contributed by atoms with Gasteiger partial charge in [0.25, 0.3) is 0 Å². The summed E-state index contributed by atoms with van der Waals surface area (Å²) >= 11 is 0. The monoisotopic (exact) mass is 268 g/mol. The van der Waals surface area contributed by atoms with Crippen molar-refractivity contribution in [2.24, 2.45) is 5.92 Å². The van der Waals surface area contributed by atoms with Gasteiger partial charge in [-0.2, -0.15) is 0 Å². The Morgan fingerprint density at radius 3 is 2.94 bits per heavy atom. The van der Waals surface area contributed by atoms with Crippen LogP contribution in [0.25, 0.3) is 0 Å². The van der Waals surface area contributed by atoms with Gasteiger partial charge in [0, 0.05) is 25.4 Å². The number of hydrogen-bond donors (Lipinski definition) is 1. The molecule has 1 aromatic rings. The summed E-state index contributed by atoms with van der Waals surface area (Å²) in [4.78, 5) is 15.6. The van der Waals surface area contributed by atoms with Crippen LogP contribution >= 0.6 is 0 Å². The summed E-state index contributed by atoms with van der Waals surface area (Å²) < 4.78 is 22.5. The second-order valence-electron chi connectivity index (χ2n) is 4.61. The Hall–Kier alpha value is -1.43. The molecule has 0 aromatic carbocycles. The van der Waals surface area contributed by atoms with Gasteiger partial charge in [-0.05, 0) is 24.0 Å². The van der Waals surface area contributed by atoms with E-state index in [1.807, 2.05) is 12.1 Å². The summed E-state index contributed by atoms with van der Waals surface area (Å²) in [7, 11) is -2.90. The van der Waals surface area contributed by atoms with E-state index >= 15 is 0 Å². The molecular formula is C12H16N2O3S. The van der Waals surface area contributed by atoms with E-state index in [2.05, 4.69) is 10.3 Å². The molecule has 2 rings (SSSR count). The molecule has 1 atom stereocenters. The van der Waals surface area contributed by atoms with Crippen LogP contribution in [0.3, 0.4) is 0 Å². The highest BCUT2D eigenvalue weighted by Crippen LogP contribution is 2.21. The van der Waals surface area contributed by atoms with Gasteiger partial charge in [0.05, 0.1) is 11.5 Å². The Kier molecular flexibility index (Phi) is 3.96. The standard InChI is InChI=1S/C12H16N2O3S/c15-12(6-10-3-5-18(16,17)9-10)14-8-11-2-1-4-13-7-11/h1-2,4,7,10H,3,5-6,8-9H2,(H,14,15). The van der Waals surface area contributed by atoms with Crippen molar-refractivity contribution in [3.05, 3.63) is 30.1 Å². The van der Waals surface area contributed by atoms with Gasteiger partial charge in [-0.25, -0.2) is 8.42 Å². The Morgan fingerprint density at radius 2 is 2.33 bits per heavy atom. The summed E-state index contributed by atoms with van der Waals surface area (Å²) in [6.07, 6.45) is 4.26. The number of aromatic nitrogens is 1. The lowest BCUT2D eigenvalue weighted by Gasteiger charge is -2.08. The van der Waals surface area contributed by atoms with Gasteiger partial charge in [-0.1, -0.05) is 6.07 Å². The molecule has 1 aromatic heterocycles. The van der Waals surface area contributed by atoms with E-state index in [4.69, 9.17) is 0 Å². The molecule has 1 unspecified atom stereocenters. The lowest BCUT2D eigenvalue weighted by molar-refractivity contribution is -0.122. The fraction of sp³-hybridized carbons (Fsp3) is 0.500. The molecule has 98 valence electrons. The predicted molar refractivity (Wildman–Crippen MR) is 67.5 cm³/mol. The van der Waals surface area contributed by atoms with E-state index < -0.39 is 9.84 Å². The second-order valence-corrected chi connectivity index (χ2v) is 6.84. The van der Waals surface area contributed by atoms with Crippen LogP contribution in [-0.2, 0) is 21.2 Å². The molecule has 0 spiro atoms. The SMILES string of the molecule is O=C(CC1CCS(=O)(=O)C1)NCc1cccnc1. The molecule has 1 amide bonds. The zero-order valence-electron chi connectivity index (χ0n) is 10.0. The first-order chi connectivity index (χ1) is 8.55. The quantitative estimate of drug-likeness (QED) is 0.864. The third kappa shape index (κ3) is 3.80. The third-order valence-corrected chi connectivity index (χ3v) is 4.85. The molecular weight excluding hydrogens is 252 g/mol. The minimum atomic E-state index is -2.90. The fourth-order valence-electron chi connectivity index (χ4n) is 2.07. The summed E-state index contributed by atoms with van der Waals surface area (Å²) in [5.41, 5.74) is 0.935. The van der Waals surface area contributed by atoms with E-state index in [1.54, 1.807) is 12.4 Å². The Morgan fingerprint density at radius 1 is 1.50 bits per heavy atom. The van der Waals surface area contributed by atoms with E-state index in [0.29, 0.717) is 19.4 Å². The number of amides is 1. The van der Waals surface area contributed by atoms with Crippen LogP contribution in [0.1, 0.15) is 18.4 Å². The van der Waals surface area contributed by atoms with Gasteiger partial charge in [0.15, 0.2) is 9.84 Å². The fourth-order valence-corrected chi connectivity index (χ4v) is 3.93. The van der Waals surface area contributed by atoms with Gasteiger partial charge >= 0.3 is 0 Å².